The normalized spacial score (nSPS) is 10.5. The highest BCUT2D eigenvalue weighted by Crippen LogP contribution is 2.15. The summed E-state index contributed by atoms with van der Waals surface area (Å²) in [5.74, 6) is 0.123. The molecule has 0 bridgehead atoms. The third-order valence-electron chi connectivity index (χ3n) is 3.72. The highest BCUT2D eigenvalue weighted by Gasteiger charge is 2.15. The minimum atomic E-state index is -0.0179. The first-order valence-corrected chi connectivity index (χ1v) is 7.62. The number of hydrogen-bond acceptors (Lipinski definition) is 2. The third kappa shape index (κ3) is 5.21. The van der Waals surface area contributed by atoms with Gasteiger partial charge in [0.1, 0.15) is 0 Å². The molecule has 21 heavy (non-hydrogen) atoms. The van der Waals surface area contributed by atoms with Gasteiger partial charge in [0.05, 0.1) is 0 Å². The number of rotatable bonds is 7. The van der Waals surface area contributed by atoms with E-state index in [-0.39, 0.29) is 17.7 Å². The van der Waals surface area contributed by atoms with Gasteiger partial charge < -0.3 is 10.2 Å². The largest absolute Gasteiger partial charge is 0.354 e. The van der Waals surface area contributed by atoms with Gasteiger partial charge in [-0.15, -0.1) is 0 Å². The Morgan fingerprint density at radius 3 is 2.19 bits per heavy atom. The maximum atomic E-state index is 11.9. The lowest BCUT2D eigenvalue weighted by Crippen LogP contribution is -2.39. The minimum absolute atomic E-state index is 0.0179. The molecule has 0 spiro atoms. The van der Waals surface area contributed by atoms with Crippen LogP contribution in [0.25, 0.3) is 0 Å². The highest BCUT2D eigenvalue weighted by atomic mass is 16.2. The van der Waals surface area contributed by atoms with E-state index >= 15 is 0 Å². The van der Waals surface area contributed by atoms with Crippen molar-refractivity contribution >= 4 is 17.5 Å². The van der Waals surface area contributed by atoms with Gasteiger partial charge in [0.2, 0.25) is 11.8 Å². The molecule has 0 unspecified atom stereocenters. The van der Waals surface area contributed by atoms with E-state index in [0.29, 0.717) is 13.1 Å². The van der Waals surface area contributed by atoms with Gasteiger partial charge in [0.15, 0.2) is 0 Å². The minimum Gasteiger partial charge on any atom is -0.354 e. The topological polar surface area (TPSA) is 49.4 Å². The maximum Gasteiger partial charge on any atom is 0.223 e. The number of anilines is 1. The van der Waals surface area contributed by atoms with Gasteiger partial charge in [-0.1, -0.05) is 31.5 Å². The van der Waals surface area contributed by atoms with Crippen molar-refractivity contribution in [3.63, 3.8) is 0 Å². The molecule has 0 saturated heterocycles. The Morgan fingerprint density at radius 1 is 1.14 bits per heavy atom. The summed E-state index contributed by atoms with van der Waals surface area (Å²) in [5, 5.41) is 2.92. The Hall–Kier alpha value is -1.84. The fourth-order valence-electron chi connectivity index (χ4n) is 2.29. The van der Waals surface area contributed by atoms with Crippen molar-refractivity contribution in [3.05, 3.63) is 29.8 Å². The number of nitrogens with zero attached hydrogens (tertiary/aromatic N) is 1. The smallest absolute Gasteiger partial charge is 0.223 e. The molecule has 0 aliphatic carbocycles. The van der Waals surface area contributed by atoms with Gasteiger partial charge in [-0.2, -0.15) is 0 Å². The standard InChI is InChI=1S/C17H26N2O2/c1-5-15(6-2)17(21)18-11-12-19(14(4)20)16-9-7-13(3)8-10-16/h7-10,15H,5-6,11-12H2,1-4H3,(H,18,21). The van der Waals surface area contributed by atoms with Crippen LogP contribution < -0.4 is 10.2 Å². The molecule has 2 amide bonds. The summed E-state index contributed by atoms with van der Waals surface area (Å²) in [6.07, 6.45) is 1.69. The van der Waals surface area contributed by atoms with Crippen molar-refractivity contribution in [2.45, 2.75) is 40.5 Å². The summed E-state index contributed by atoms with van der Waals surface area (Å²) in [6.45, 7) is 8.55. The lowest BCUT2D eigenvalue weighted by Gasteiger charge is -2.22. The Bertz CT molecular complexity index is 464. The van der Waals surface area contributed by atoms with Crippen molar-refractivity contribution in [3.8, 4) is 0 Å². The lowest BCUT2D eigenvalue weighted by molar-refractivity contribution is -0.125. The van der Waals surface area contributed by atoms with Crippen LogP contribution in [0.15, 0.2) is 24.3 Å². The Kier molecular flexibility index (Phi) is 6.92. The molecule has 1 aromatic rings. The van der Waals surface area contributed by atoms with E-state index in [1.165, 1.54) is 0 Å². The van der Waals surface area contributed by atoms with Gasteiger partial charge in [0.25, 0.3) is 0 Å². The van der Waals surface area contributed by atoms with Gasteiger partial charge in [-0.3, -0.25) is 9.59 Å². The summed E-state index contributed by atoms with van der Waals surface area (Å²) in [6, 6.07) is 7.82. The molecule has 0 saturated carbocycles. The number of aryl methyl sites for hydroxylation is 1. The molecule has 4 heteroatoms. The van der Waals surface area contributed by atoms with E-state index in [1.54, 1.807) is 11.8 Å². The van der Waals surface area contributed by atoms with Crippen molar-refractivity contribution in [2.24, 2.45) is 5.92 Å². The SMILES string of the molecule is CCC(CC)C(=O)NCCN(C(C)=O)c1ccc(C)cc1. The van der Waals surface area contributed by atoms with E-state index in [4.69, 9.17) is 0 Å². The monoisotopic (exact) mass is 290 g/mol. The van der Waals surface area contributed by atoms with E-state index in [9.17, 15) is 9.59 Å². The molecule has 116 valence electrons. The first kappa shape index (κ1) is 17.2. The molecule has 0 atom stereocenters. The number of amides is 2. The van der Waals surface area contributed by atoms with Crippen LogP contribution in [-0.2, 0) is 9.59 Å². The Balaban J connectivity index is 2.59. The molecule has 1 aromatic carbocycles. The molecule has 4 nitrogen and oxygen atoms in total. The van der Waals surface area contributed by atoms with Gasteiger partial charge in [0, 0.05) is 31.6 Å². The molecular weight excluding hydrogens is 264 g/mol. The molecule has 0 radical (unpaired) electrons. The Morgan fingerprint density at radius 2 is 1.71 bits per heavy atom. The molecular formula is C17H26N2O2. The second kappa shape index (κ2) is 8.45. The van der Waals surface area contributed by atoms with E-state index in [0.717, 1.165) is 24.1 Å². The summed E-state index contributed by atoms with van der Waals surface area (Å²) in [5.41, 5.74) is 2.02. The van der Waals surface area contributed by atoms with Crippen LogP contribution in [0, 0.1) is 12.8 Å². The average Bonchev–Trinajstić information content (AvgIpc) is 2.46. The molecule has 1 N–H and O–H groups in total. The van der Waals surface area contributed by atoms with Crippen molar-refractivity contribution in [1.29, 1.82) is 0 Å². The molecule has 0 aliphatic rings. The fraction of sp³-hybridized carbons (Fsp3) is 0.529. The van der Waals surface area contributed by atoms with Crippen molar-refractivity contribution in [2.75, 3.05) is 18.0 Å². The summed E-state index contributed by atoms with van der Waals surface area (Å²) in [4.78, 5) is 25.4. The first-order chi connectivity index (χ1) is 9.99. The lowest BCUT2D eigenvalue weighted by atomic mass is 10.0. The molecule has 1 rings (SSSR count). The zero-order chi connectivity index (χ0) is 15.8. The second-order valence-corrected chi connectivity index (χ2v) is 5.31. The Labute approximate surface area is 127 Å². The summed E-state index contributed by atoms with van der Waals surface area (Å²) >= 11 is 0. The van der Waals surface area contributed by atoms with Crippen LogP contribution >= 0.6 is 0 Å². The fourth-order valence-corrected chi connectivity index (χ4v) is 2.29. The van der Waals surface area contributed by atoms with Gasteiger partial charge in [-0.25, -0.2) is 0 Å². The van der Waals surface area contributed by atoms with E-state index < -0.39 is 0 Å². The van der Waals surface area contributed by atoms with Crippen LogP contribution in [0.5, 0.6) is 0 Å². The quantitative estimate of drug-likeness (QED) is 0.839. The van der Waals surface area contributed by atoms with Gasteiger partial charge >= 0.3 is 0 Å². The molecule has 0 aliphatic heterocycles. The zero-order valence-electron chi connectivity index (χ0n) is 13.5. The zero-order valence-corrected chi connectivity index (χ0v) is 13.5. The maximum absolute atomic E-state index is 11.9. The molecule has 0 aromatic heterocycles. The van der Waals surface area contributed by atoms with Crippen LogP contribution in [0.2, 0.25) is 0 Å². The van der Waals surface area contributed by atoms with E-state index in [2.05, 4.69) is 5.32 Å². The highest BCUT2D eigenvalue weighted by molar-refractivity contribution is 5.91. The van der Waals surface area contributed by atoms with Crippen LogP contribution in [0.4, 0.5) is 5.69 Å². The predicted molar refractivity (Wildman–Crippen MR) is 86.3 cm³/mol. The van der Waals surface area contributed by atoms with E-state index in [1.807, 2.05) is 45.0 Å². The van der Waals surface area contributed by atoms with Crippen molar-refractivity contribution in [1.82, 2.24) is 5.32 Å². The first-order valence-electron chi connectivity index (χ1n) is 7.62. The second-order valence-electron chi connectivity index (χ2n) is 5.31. The van der Waals surface area contributed by atoms with Crippen LogP contribution in [-0.4, -0.2) is 24.9 Å². The number of benzene rings is 1. The van der Waals surface area contributed by atoms with Crippen molar-refractivity contribution < 1.29 is 9.59 Å². The number of hydrogen-bond donors (Lipinski definition) is 1. The summed E-state index contributed by atoms with van der Waals surface area (Å²) in [7, 11) is 0. The average molecular weight is 290 g/mol. The third-order valence-corrected chi connectivity index (χ3v) is 3.72. The molecule has 0 heterocycles. The number of nitrogens with one attached hydrogen (secondary N) is 1. The van der Waals surface area contributed by atoms with Crippen LogP contribution in [0.1, 0.15) is 39.2 Å². The number of carbonyl (C=O) groups is 2. The summed E-state index contributed by atoms with van der Waals surface area (Å²) < 4.78 is 0. The van der Waals surface area contributed by atoms with Crippen LogP contribution in [0.3, 0.4) is 0 Å². The predicted octanol–water partition coefficient (Wildman–Crippen LogP) is 2.90. The number of carbonyl (C=O) groups excluding carboxylic acids is 2. The molecule has 0 fully saturated rings. The van der Waals surface area contributed by atoms with Gasteiger partial charge in [-0.05, 0) is 31.9 Å².